The van der Waals surface area contributed by atoms with Crippen LogP contribution >= 0.6 is 11.3 Å². The fraction of sp³-hybridized carbons (Fsp3) is 0.333. The van der Waals surface area contributed by atoms with Crippen LogP contribution in [0.5, 0.6) is 17.2 Å². The van der Waals surface area contributed by atoms with Crippen LogP contribution in [-0.4, -0.2) is 28.4 Å². The third kappa shape index (κ3) is 2.73. The first kappa shape index (κ1) is 14.7. The first-order chi connectivity index (χ1) is 9.74. The van der Waals surface area contributed by atoms with Crippen molar-refractivity contribution in [3.63, 3.8) is 0 Å². The molecule has 0 saturated carbocycles. The second kappa shape index (κ2) is 6.63. The largest absolute Gasteiger partial charge is 0.496 e. The molecule has 1 unspecified atom stereocenters. The Hall–Kier alpha value is -1.72. The topological polar surface area (TPSA) is 39.7 Å². The second-order valence-electron chi connectivity index (χ2n) is 4.22. The van der Waals surface area contributed by atoms with Crippen molar-refractivity contribution >= 4 is 11.3 Å². The van der Waals surface area contributed by atoms with Crippen molar-refractivity contribution in [2.75, 3.05) is 28.4 Å². The molecule has 0 radical (unpaired) electrons. The highest BCUT2D eigenvalue weighted by molar-refractivity contribution is 7.08. The maximum absolute atomic E-state index is 5.51. The number of methoxy groups -OCH3 is 3. The van der Waals surface area contributed by atoms with Crippen LogP contribution in [0.25, 0.3) is 0 Å². The van der Waals surface area contributed by atoms with Crippen molar-refractivity contribution in [2.24, 2.45) is 0 Å². The van der Waals surface area contributed by atoms with Gasteiger partial charge in [-0.2, -0.15) is 11.3 Å². The maximum Gasteiger partial charge on any atom is 0.131 e. The third-order valence-electron chi connectivity index (χ3n) is 3.21. The highest BCUT2D eigenvalue weighted by Gasteiger charge is 2.23. The molecule has 4 nitrogen and oxygen atoms in total. The zero-order valence-corrected chi connectivity index (χ0v) is 12.9. The zero-order valence-electron chi connectivity index (χ0n) is 12.1. The summed E-state index contributed by atoms with van der Waals surface area (Å²) in [5, 5.41) is 7.49. The lowest BCUT2D eigenvalue weighted by Gasteiger charge is -2.22. The van der Waals surface area contributed by atoms with Gasteiger partial charge in [0, 0.05) is 12.1 Å². The Labute approximate surface area is 123 Å². The summed E-state index contributed by atoms with van der Waals surface area (Å²) >= 11 is 1.67. The Kier molecular flexibility index (Phi) is 4.87. The molecule has 0 bridgehead atoms. The van der Waals surface area contributed by atoms with Gasteiger partial charge in [0.15, 0.2) is 0 Å². The van der Waals surface area contributed by atoms with Crippen LogP contribution in [0.3, 0.4) is 0 Å². The summed E-state index contributed by atoms with van der Waals surface area (Å²) in [6.07, 6.45) is 0. The van der Waals surface area contributed by atoms with Crippen LogP contribution in [0, 0.1) is 0 Å². The zero-order chi connectivity index (χ0) is 14.5. The van der Waals surface area contributed by atoms with Crippen LogP contribution in [0.4, 0.5) is 0 Å². The number of hydrogen-bond acceptors (Lipinski definition) is 5. The molecule has 0 aliphatic carbocycles. The lowest BCUT2D eigenvalue weighted by molar-refractivity contribution is 0.364. The van der Waals surface area contributed by atoms with Gasteiger partial charge in [-0.1, -0.05) is 0 Å². The first-order valence-corrected chi connectivity index (χ1v) is 7.18. The molecule has 1 atom stereocenters. The average molecular weight is 293 g/mol. The van der Waals surface area contributed by atoms with E-state index in [0.717, 1.165) is 17.1 Å². The highest BCUT2D eigenvalue weighted by Crippen LogP contribution is 2.40. The molecule has 1 heterocycles. The monoisotopic (exact) mass is 293 g/mol. The van der Waals surface area contributed by atoms with E-state index in [9.17, 15) is 0 Å². The van der Waals surface area contributed by atoms with E-state index in [0.29, 0.717) is 5.75 Å². The molecule has 0 aliphatic rings. The molecule has 2 aromatic rings. The summed E-state index contributed by atoms with van der Waals surface area (Å²) in [6.45, 7) is 0. The van der Waals surface area contributed by atoms with Crippen LogP contribution in [0.15, 0.2) is 29.0 Å². The summed E-state index contributed by atoms with van der Waals surface area (Å²) in [6, 6.07) is 5.84. The summed E-state index contributed by atoms with van der Waals surface area (Å²) in [4.78, 5) is 0. The third-order valence-corrected chi connectivity index (χ3v) is 3.91. The minimum absolute atomic E-state index is 0.0112. The Bertz CT molecular complexity index is 529. The SMILES string of the molecule is CNC(c1ccsc1)c1c(OC)cc(OC)cc1OC. The van der Waals surface area contributed by atoms with Gasteiger partial charge in [0.05, 0.1) is 32.9 Å². The van der Waals surface area contributed by atoms with Gasteiger partial charge >= 0.3 is 0 Å². The highest BCUT2D eigenvalue weighted by atomic mass is 32.1. The Morgan fingerprint density at radius 1 is 1.05 bits per heavy atom. The van der Waals surface area contributed by atoms with E-state index >= 15 is 0 Å². The van der Waals surface area contributed by atoms with Crippen molar-refractivity contribution in [3.8, 4) is 17.2 Å². The van der Waals surface area contributed by atoms with E-state index in [-0.39, 0.29) is 6.04 Å². The molecule has 0 aliphatic heterocycles. The summed E-state index contributed by atoms with van der Waals surface area (Å²) < 4.78 is 16.3. The quantitative estimate of drug-likeness (QED) is 0.888. The molecule has 108 valence electrons. The molecule has 1 aromatic carbocycles. The van der Waals surface area contributed by atoms with Gasteiger partial charge in [0.25, 0.3) is 0 Å². The first-order valence-electron chi connectivity index (χ1n) is 6.24. The lowest BCUT2D eigenvalue weighted by atomic mass is 9.99. The van der Waals surface area contributed by atoms with E-state index in [2.05, 4.69) is 22.1 Å². The molecule has 0 spiro atoms. The molecule has 0 saturated heterocycles. The summed E-state index contributed by atoms with van der Waals surface area (Å²) in [5.74, 6) is 2.20. The van der Waals surface area contributed by atoms with Crippen LogP contribution < -0.4 is 19.5 Å². The van der Waals surface area contributed by atoms with E-state index < -0.39 is 0 Å². The Morgan fingerprint density at radius 3 is 2.10 bits per heavy atom. The van der Waals surface area contributed by atoms with E-state index in [1.807, 2.05) is 19.2 Å². The van der Waals surface area contributed by atoms with E-state index in [4.69, 9.17) is 14.2 Å². The van der Waals surface area contributed by atoms with Gasteiger partial charge in [-0.15, -0.1) is 0 Å². The Balaban J connectivity index is 2.58. The number of ether oxygens (including phenoxy) is 3. The molecule has 2 rings (SSSR count). The van der Waals surface area contributed by atoms with Gasteiger partial charge < -0.3 is 19.5 Å². The summed E-state index contributed by atoms with van der Waals surface area (Å²) in [7, 11) is 6.85. The molecule has 1 N–H and O–H groups in total. The van der Waals surface area contributed by atoms with E-state index in [1.54, 1.807) is 32.7 Å². The predicted octanol–water partition coefficient (Wildman–Crippen LogP) is 3.08. The summed E-state index contributed by atoms with van der Waals surface area (Å²) in [5.41, 5.74) is 2.15. The minimum atomic E-state index is 0.0112. The maximum atomic E-state index is 5.51. The molecule has 5 heteroatoms. The van der Waals surface area contributed by atoms with Gasteiger partial charge in [0.1, 0.15) is 17.2 Å². The number of rotatable bonds is 6. The fourth-order valence-corrected chi connectivity index (χ4v) is 2.92. The van der Waals surface area contributed by atoms with Crippen molar-refractivity contribution < 1.29 is 14.2 Å². The van der Waals surface area contributed by atoms with Crippen LogP contribution in [0.1, 0.15) is 17.2 Å². The smallest absolute Gasteiger partial charge is 0.131 e. The molecule has 20 heavy (non-hydrogen) atoms. The van der Waals surface area contributed by atoms with E-state index in [1.165, 1.54) is 5.56 Å². The van der Waals surface area contributed by atoms with Crippen LogP contribution in [0.2, 0.25) is 0 Å². The van der Waals surface area contributed by atoms with Gasteiger partial charge in [-0.3, -0.25) is 0 Å². The fourth-order valence-electron chi connectivity index (χ4n) is 2.23. The molecule has 0 amide bonds. The van der Waals surface area contributed by atoms with Gasteiger partial charge in [-0.05, 0) is 29.4 Å². The van der Waals surface area contributed by atoms with Crippen molar-refractivity contribution in [2.45, 2.75) is 6.04 Å². The lowest BCUT2D eigenvalue weighted by Crippen LogP contribution is -2.18. The molecule has 1 aromatic heterocycles. The average Bonchev–Trinajstić information content (AvgIpc) is 3.01. The van der Waals surface area contributed by atoms with Gasteiger partial charge in [0.2, 0.25) is 0 Å². The Morgan fingerprint density at radius 2 is 1.70 bits per heavy atom. The number of nitrogens with one attached hydrogen (secondary N) is 1. The molecule has 0 fully saturated rings. The number of hydrogen-bond donors (Lipinski definition) is 1. The minimum Gasteiger partial charge on any atom is -0.496 e. The normalized spacial score (nSPS) is 12.0. The predicted molar refractivity (Wildman–Crippen MR) is 81.3 cm³/mol. The van der Waals surface area contributed by atoms with Crippen LogP contribution in [-0.2, 0) is 0 Å². The van der Waals surface area contributed by atoms with Crippen molar-refractivity contribution in [1.29, 1.82) is 0 Å². The number of thiophene rings is 1. The number of benzene rings is 1. The van der Waals surface area contributed by atoms with Crippen molar-refractivity contribution in [3.05, 3.63) is 40.1 Å². The molecular formula is C15H19NO3S. The molecular weight excluding hydrogens is 274 g/mol. The van der Waals surface area contributed by atoms with Crippen molar-refractivity contribution in [1.82, 2.24) is 5.32 Å². The standard InChI is InChI=1S/C15H19NO3S/c1-16-15(10-5-6-20-9-10)14-12(18-3)7-11(17-2)8-13(14)19-4/h5-9,15-16H,1-4H3. The second-order valence-corrected chi connectivity index (χ2v) is 5.00. The van der Waals surface area contributed by atoms with Gasteiger partial charge in [-0.25, -0.2) is 0 Å².